The molecule has 7 rings (SSSR count). The molecule has 15 heteroatoms. The van der Waals surface area contributed by atoms with E-state index in [0.717, 1.165) is 31.7 Å². The van der Waals surface area contributed by atoms with Gasteiger partial charge in [0.05, 0.1) is 34.0 Å². The fourth-order valence-electron chi connectivity index (χ4n) is 8.29. The zero-order valence-corrected chi connectivity index (χ0v) is 29.0. The summed E-state index contributed by atoms with van der Waals surface area (Å²) in [5.41, 5.74) is 1.31. The molecule has 4 aliphatic rings. The number of anilines is 1. The van der Waals surface area contributed by atoms with Gasteiger partial charge in [-0.3, -0.25) is 24.1 Å². The molecule has 2 aliphatic heterocycles. The molecule has 252 valence electrons. The minimum atomic E-state index is -1.22. The summed E-state index contributed by atoms with van der Waals surface area (Å²) in [5.74, 6) is -4.02. The molecular weight excluding hydrogens is 701 g/mol. The van der Waals surface area contributed by atoms with Gasteiger partial charge in [-0.25, -0.2) is 4.79 Å². The Bertz CT molecular complexity index is 1910. The lowest BCUT2D eigenvalue weighted by molar-refractivity contribution is -0.157. The monoisotopic (exact) mass is 731 g/mol. The molecule has 1 aromatic heterocycles. The first-order chi connectivity index (χ1) is 22.9. The predicted octanol–water partition coefficient (Wildman–Crippen LogP) is 5.35. The van der Waals surface area contributed by atoms with Crippen molar-refractivity contribution < 1.29 is 33.8 Å². The number of hydrogen-bond donors (Lipinski definition) is 3. The van der Waals surface area contributed by atoms with E-state index < -0.39 is 47.5 Å². The number of aromatic nitrogens is 1. The van der Waals surface area contributed by atoms with Crippen LogP contribution in [0.25, 0.3) is 0 Å². The maximum absolute atomic E-state index is 13.9. The molecule has 8 atom stereocenters. The molecule has 0 radical (unpaired) electrons. The van der Waals surface area contributed by atoms with Crippen molar-refractivity contribution in [3.63, 3.8) is 0 Å². The molecule has 11 nitrogen and oxygen atoms in total. The molecule has 2 aliphatic carbocycles. The van der Waals surface area contributed by atoms with Crippen LogP contribution in [0.3, 0.4) is 0 Å². The second kappa shape index (κ2) is 12.4. The Kier molecular flexibility index (Phi) is 8.54. The van der Waals surface area contributed by atoms with Gasteiger partial charge in [-0.1, -0.05) is 54.5 Å². The number of benzene rings is 2. The standard InChI is InChI=1S/C33H31Cl2N3O8S2/c1-12(2)26(32(42)43)38-30(40)24-15-10-16(25(24)31(38)41)27-23(15)22(28-29(47-27)37-33(44)48-28)13-4-7-19(20(8-13)45-3)46-11-21(39)36-14-5-6-17(34)18(35)9-14/h4-9,12,15-16,22-27H,10-11H2,1-3H3,(H,36,39)(H,37,44)(H,42,43)/t15?,16?,22-,23?,24?,25?,26?,27?/m1/s1. The van der Waals surface area contributed by atoms with Crippen molar-refractivity contribution in [1.82, 2.24) is 9.88 Å². The van der Waals surface area contributed by atoms with Crippen molar-refractivity contribution in [3.05, 3.63) is 66.6 Å². The highest BCUT2D eigenvalue weighted by Gasteiger charge is 2.70. The summed E-state index contributed by atoms with van der Waals surface area (Å²) in [6.45, 7) is 3.09. The number of carbonyl (C=O) groups is 4. The number of nitrogens with zero attached hydrogens (tertiary/aromatic N) is 1. The molecule has 2 bridgehead atoms. The summed E-state index contributed by atoms with van der Waals surface area (Å²) in [5, 5.41) is 14.0. The van der Waals surface area contributed by atoms with Gasteiger partial charge in [-0.2, -0.15) is 0 Å². The average molecular weight is 733 g/mol. The zero-order valence-electron chi connectivity index (χ0n) is 25.9. The van der Waals surface area contributed by atoms with Gasteiger partial charge in [-0.05, 0) is 66.0 Å². The highest BCUT2D eigenvalue weighted by atomic mass is 35.5. The molecule has 1 saturated heterocycles. The second-order valence-corrected chi connectivity index (χ2v) is 15.9. The second-order valence-electron chi connectivity index (χ2n) is 12.9. The van der Waals surface area contributed by atoms with E-state index in [1.54, 1.807) is 43.8 Å². The van der Waals surface area contributed by atoms with Crippen molar-refractivity contribution in [2.24, 2.45) is 35.5 Å². The number of halogens is 2. The fourth-order valence-corrected chi connectivity index (χ4v) is 11.5. The van der Waals surface area contributed by atoms with Crippen LogP contribution in [0.15, 0.2) is 46.2 Å². The van der Waals surface area contributed by atoms with Gasteiger partial charge < -0.3 is 24.9 Å². The molecule has 48 heavy (non-hydrogen) atoms. The Morgan fingerprint density at radius 2 is 1.77 bits per heavy atom. The van der Waals surface area contributed by atoms with Gasteiger partial charge in [0.1, 0.15) is 6.04 Å². The van der Waals surface area contributed by atoms with Gasteiger partial charge in [0.15, 0.2) is 18.1 Å². The third-order valence-corrected chi connectivity index (χ3v) is 13.4. The summed E-state index contributed by atoms with van der Waals surface area (Å²) < 4.78 is 11.5. The lowest BCUT2D eigenvalue weighted by atomic mass is 9.68. The number of carboxylic acids is 1. The van der Waals surface area contributed by atoms with E-state index in [1.165, 1.54) is 13.2 Å². The van der Waals surface area contributed by atoms with E-state index in [0.29, 0.717) is 33.7 Å². The summed E-state index contributed by atoms with van der Waals surface area (Å²) in [6, 6.07) is 8.94. The van der Waals surface area contributed by atoms with Crippen LogP contribution >= 0.6 is 46.3 Å². The number of rotatable bonds is 9. The summed E-state index contributed by atoms with van der Waals surface area (Å²) >= 11 is 14.7. The van der Waals surface area contributed by atoms with Gasteiger partial charge in [0.25, 0.3) is 5.91 Å². The number of likely N-dealkylation sites (tertiary alicyclic amines) is 1. The van der Waals surface area contributed by atoms with E-state index in [9.17, 15) is 29.1 Å². The lowest BCUT2D eigenvalue weighted by Crippen LogP contribution is -2.49. The van der Waals surface area contributed by atoms with Crippen LogP contribution in [0.4, 0.5) is 5.69 Å². The first-order valence-electron chi connectivity index (χ1n) is 15.4. The molecule has 3 aromatic rings. The topological polar surface area (TPSA) is 155 Å². The van der Waals surface area contributed by atoms with Crippen molar-refractivity contribution in [3.8, 4) is 11.5 Å². The summed E-state index contributed by atoms with van der Waals surface area (Å²) in [6.07, 6.45) is 0.671. The number of nitrogens with one attached hydrogen (secondary N) is 2. The number of thiazole rings is 1. The number of carboxylic acid groups (broad SMARTS) is 1. The zero-order chi connectivity index (χ0) is 34.2. The molecule has 3 N–H and O–H groups in total. The van der Waals surface area contributed by atoms with E-state index in [4.69, 9.17) is 32.7 Å². The van der Waals surface area contributed by atoms with Crippen LogP contribution in [0, 0.1) is 35.5 Å². The Balaban J connectivity index is 1.17. The van der Waals surface area contributed by atoms with Crippen LogP contribution in [-0.2, 0) is 19.2 Å². The van der Waals surface area contributed by atoms with Crippen LogP contribution < -0.4 is 19.7 Å². The van der Waals surface area contributed by atoms with E-state index >= 15 is 0 Å². The van der Waals surface area contributed by atoms with Crippen LogP contribution in [-0.4, -0.2) is 63.7 Å². The third kappa shape index (κ3) is 5.30. The Labute approximate surface area is 293 Å². The number of imide groups is 1. The maximum Gasteiger partial charge on any atom is 0.327 e. The predicted molar refractivity (Wildman–Crippen MR) is 180 cm³/mol. The van der Waals surface area contributed by atoms with E-state index in [1.807, 2.05) is 12.1 Å². The Morgan fingerprint density at radius 3 is 2.44 bits per heavy atom. The summed E-state index contributed by atoms with van der Waals surface area (Å²) in [4.78, 5) is 69.8. The number of hydrogen-bond acceptors (Lipinski definition) is 9. The van der Waals surface area contributed by atoms with E-state index in [2.05, 4.69) is 10.3 Å². The van der Waals surface area contributed by atoms with Crippen molar-refractivity contribution in [2.45, 2.75) is 42.5 Å². The SMILES string of the molecule is COc1cc([C@H]2c3sc(=O)[nH]c3SC3C4CC(C5C(=O)N(C(C(=O)O)C(C)C)C(=O)C45)C32)ccc1OCC(=O)Nc1ccc(Cl)c(Cl)c1. The largest absolute Gasteiger partial charge is 0.493 e. The van der Waals surface area contributed by atoms with Crippen molar-refractivity contribution >= 4 is 75.7 Å². The Hall–Kier alpha value is -3.52. The number of aliphatic carboxylic acids is 1. The Morgan fingerprint density at radius 1 is 1.04 bits per heavy atom. The quantitative estimate of drug-likeness (QED) is 0.247. The maximum atomic E-state index is 13.9. The minimum Gasteiger partial charge on any atom is -0.493 e. The number of aromatic amines is 1. The lowest BCUT2D eigenvalue weighted by Gasteiger charge is -2.43. The number of thioether (sulfide) groups is 1. The highest BCUT2D eigenvalue weighted by Crippen LogP contribution is 2.68. The van der Waals surface area contributed by atoms with Gasteiger partial charge in [-0.15, -0.1) is 11.8 Å². The normalized spacial score (nSPS) is 27.5. The number of amides is 3. The molecule has 3 heterocycles. The van der Waals surface area contributed by atoms with E-state index in [-0.39, 0.29) is 40.4 Å². The molecule has 2 saturated carbocycles. The molecule has 2 aromatic carbocycles. The third-order valence-electron chi connectivity index (χ3n) is 10.0. The smallest absolute Gasteiger partial charge is 0.327 e. The molecule has 7 unspecified atom stereocenters. The van der Waals surface area contributed by atoms with Crippen molar-refractivity contribution in [2.75, 3.05) is 19.0 Å². The summed E-state index contributed by atoms with van der Waals surface area (Å²) in [7, 11) is 1.49. The number of methoxy groups -OCH3 is 1. The van der Waals surface area contributed by atoms with Crippen LogP contribution in [0.2, 0.25) is 10.0 Å². The minimum absolute atomic E-state index is 0.0648. The van der Waals surface area contributed by atoms with Gasteiger partial charge in [0.2, 0.25) is 11.8 Å². The fraction of sp³-hybridized carbons (Fsp3) is 0.424. The number of fused-ring (bicyclic) bond motifs is 9. The molecule has 0 spiro atoms. The number of carbonyl (C=O) groups excluding carboxylic acids is 3. The average Bonchev–Trinajstić information content (AvgIpc) is 3.77. The molecular formula is C33H31Cl2N3O8S2. The van der Waals surface area contributed by atoms with Crippen LogP contribution in [0.5, 0.6) is 11.5 Å². The highest BCUT2D eigenvalue weighted by molar-refractivity contribution is 8.00. The molecule has 3 amide bonds. The van der Waals surface area contributed by atoms with Gasteiger partial charge >= 0.3 is 10.8 Å². The number of ether oxygens (including phenoxy) is 2. The van der Waals surface area contributed by atoms with Gasteiger partial charge in [0, 0.05) is 21.7 Å². The van der Waals surface area contributed by atoms with Crippen molar-refractivity contribution in [1.29, 1.82) is 0 Å². The number of H-pyrrole nitrogens is 1. The van der Waals surface area contributed by atoms with Crippen LogP contribution in [0.1, 0.15) is 36.6 Å². The first-order valence-corrected chi connectivity index (χ1v) is 17.9. The molecule has 3 fully saturated rings. The first kappa shape index (κ1) is 33.0.